The largest absolute Gasteiger partial charge is 0.484 e. The summed E-state index contributed by atoms with van der Waals surface area (Å²) in [5.74, 6) is 0.809. The number of alkyl halides is 3. The van der Waals surface area contributed by atoms with Crippen LogP contribution in [0, 0.1) is 5.92 Å². The molecule has 1 amide bonds. The zero-order chi connectivity index (χ0) is 27.5. The highest BCUT2D eigenvalue weighted by Crippen LogP contribution is 2.29. The summed E-state index contributed by atoms with van der Waals surface area (Å²) in [6.07, 6.45) is -2.00. The Hall–Kier alpha value is -3.85. The maximum absolute atomic E-state index is 12.8. The average Bonchev–Trinajstić information content (AvgIpc) is 2.96. The van der Waals surface area contributed by atoms with E-state index in [0.717, 1.165) is 49.3 Å². The predicted octanol–water partition coefficient (Wildman–Crippen LogP) is 5.79. The monoisotopic (exact) mass is 540 g/mol. The molecule has 1 heterocycles. The molecule has 0 spiro atoms. The molecule has 1 N–H and O–H groups in total. The molecule has 0 atom stereocenters. The lowest BCUT2D eigenvalue weighted by Gasteiger charge is -2.22. The van der Waals surface area contributed by atoms with Crippen LogP contribution < -0.4 is 10.1 Å². The Morgan fingerprint density at radius 3 is 2.28 bits per heavy atom. The summed E-state index contributed by atoms with van der Waals surface area (Å²) in [7, 11) is 0. The van der Waals surface area contributed by atoms with Gasteiger partial charge in [0.05, 0.1) is 11.3 Å². The van der Waals surface area contributed by atoms with Crippen LogP contribution in [-0.2, 0) is 33.6 Å². The zero-order valence-electron chi connectivity index (χ0n) is 21.5. The Bertz CT molecular complexity index is 1210. The number of carbonyl (C=O) groups excluding carboxylic acids is 1. The second-order valence-corrected chi connectivity index (χ2v) is 9.34. The number of hydrogen-bond acceptors (Lipinski definition) is 5. The number of ether oxygens (including phenoxy) is 2. The van der Waals surface area contributed by atoms with Crippen LogP contribution in [0.25, 0.3) is 0 Å². The summed E-state index contributed by atoms with van der Waals surface area (Å²) < 4.78 is 49.4. The molecule has 0 aromatic heterocycles. The van der Waals surface area contributed by atoms with Crippen molar-refractivity contribution in [1.29, 1.82) is 0 Å². The molecule has 39 heavy (non-hydrogen) atoms. The summed E-state index contributed by atoms with van der Waals surface area (Å²) in [6, 6.07) is 21.7. The molecule has 0 bridgehead atoms. The molecule has 4 rings (SSSR count). The van der Waals surface area contributed by atoms with Crippen LogP contribution in [0.2, 0.25) is 0 Å². The molecular formula is C30H31F3N2O4. The smallest absolute Gasteiger partial charge is 0.416 e. The fourth-order valence-electron chi connectivity index (χ4n) is 4.10. The van der Waals surface area contributed by atoms with Gasteiger partial charge in [0.25, 0.3) is 5.91 Å². The number of nitrogens with zero attached hydrogens (tertiary/aromatic N) is 1. The highest BCUT2D eigenvalue weighted by atomic mass is 19.4. The van der Waals surface area contributed by atoms with Crippen molar-refractivity contribution in [2.24, 2.45) is 11.1 Å². The minimum atomic E-state index is -4.38. The Balaban J connectivity index is 1.35. The Labute approximate surface area is 225 Å². The molecule has 1 saturated heterocycles. The van der Waals surface area contributed by atoms with Gasteiger partial charge in [0, 0.05) is 26.2 Å². The minimum absolute atomic E-state index is 0.0284. The first-order chi connectivity index (χ1) is 18.9. The second kappa shape index (κ2) is 13.8. The van der Waals surface area contributed by atoms with Crippen molar-refractivity contribution in [1.82, 2.24) is 5.32 Å². The number of benzene rings is 3. The maximum Gasteiger partial charge on any atom is 0.416 e. The maximum atomic E-state index is 12.8. The highest BCUT2D eigenvalue weighted by molar-refractivity contribution is 6.01. The van der Waals surface area contributed by atoms with E-state index in [2.05, 4.69) is 10.5 Å². The summed E-state index contributed by atoms with van der Waals surface area (Å²) in [5, 5.41) is 7.22. The lowest BCUT2D eigenvalue weighted by atomic mass is 10.0. The van der Waals surface area contributed by atoms with E-state index in [1.54, 1.807) is 12.1 Å². The fourth-order valence-corrected chi connectivity index (χ4v) is 4.10. The molecule has 3 aromatic rings. The first-order valence-corrected chi connectivity index (χ1v) is 12.8. The molecule has 3 aromatic carbocycles. The van der Waals surface area contributed by atoms with Gasteiger partial charge in [-0.3, -0.25) is 4.79 Å². The molecule has 0 radical (unpaired) electrons. The van der Waals surface area contributed by atoms with Crippen molar-refractivity contribution in [3.63, 3.8) is 0 Å². The Morgan fingerprint density at radius 1 is 0.923 bits per heavy atom. The van der Waals surface area contributed by atoms with Crippen molar-refractivity contribution in [3.8, 4) is 5.75 Å². The van der Waals surface area contributed by atoms with E-state index in [4.69, 9.17) is 14.3 Å². The molecule has 9 heteroatoms. The summed E-state index contributed by atoms with van der Waals surface area (Å²) in [4.78, 5) is 17.7. The molecule has 1 aliphatic heterocycles. The van der Waals surface area contributed by atoms with Gasteiger partial charge in [0.1, 0.15) is 12.4 Å². The zero-order valence-corrected chi connectivity index (χ0v) is 21.5. The lowest BCUT2D eigenvalue weighted by Crippen LogP contribution is -2.35. The van der Waals surface area contributed by atoms with Gasteiger partial charge >= 0.3 is 6.18 Å². The number of hydrogen-bond donors (Lipinski definition) is 1. The topological polar surface area (TPSA) is 69.2 Å². The van der Waals surface area contributed by atoms with Crippen molar-refractivity contribution in [2.75, 3.05) is 26.4 Å². The van der Waals surface area contributed by atoms with Crippen molar-refractivity contribution in [2.45, 2.75) is 32.0 Å². The van der Waals surface area contributed by atoms with Gasteiger partial charge in [-0.15, -0.1) is 0 Å². The minimum Gasteiger partial charge on any atom is -0.484 e. The molecule has 1 aliphatic rings. The third-order valence-corrected chi connectivity index (χ3v) is 6.39. The molecule has 206 valence electrons. The number of rotatable bonds is 11. The Morgan fingerprint density at radius 2 is 1.62 bits per heavy atom. The van der Waals surface area contributed by atoms with Crippen molar-refractivity contribution >= 4 is 11.6 Å². The number of nitrogens with one attached hydrogen (secondary N) is 1. The van der Waals surface area contributed by atoms with E-state index < -0.39 is 11.7 Å². The molecule has 1 fully saturated rings. The van der Waals surface area contributed by atoms with E-state index in [1.807, 2.05) is 42.5 Å². The number of amides is 1. The second-order valence-electron chi connectivity index (χ2n) is 9.34. The van der Waals surface area contributed by atoms with E-state index >= 15 is 0 Å². The number of carbonyl (C=O) groups is 1. The van der Waals surface area contributed by atoms with Crippen LogP contribution in [0.4, 0.5) is 13.2 Å². The lowest BCUT2D eigenvalue weighted by molar-refractivity contribution is -0.137. The van der Waals surface area contributed by atoms with Crippen LogP contribution in [0.15, 0.2) is 84.0 Å². The standard InChI is InChI=1S/C30H31F3N2O4/c31-30(32,33)26-10-6-24(7-11-26)20-39-35-28(18-22-4-2-1-3-5-22)25-8-12-27(13-9-25)38-21-29(36)34-19-23-14-16-37-17-15-23/h1-13,23H,14-21H2,(H,34,36). The van der Waals surface area contributed by atoms with E-state index in [9.17, 15) is 18.0 Å². The number of oxime groups is 1. The predicted molar refractivity (Wildman–Crippen MR) is 141 cm³/mol. The normalized spacial score (nSPS) is 14.6. The first-order valence-electron chi connectivity index (χ1n) is 12.8. The summed E-state index contributed by atoms with van der Waals surface area (Å²) >= 11 is 0. The van der Waals surface area contributed by atoms with E-state index in [0.29, 0.717) is 35.9 Å². The van der Waals surface area contributed by atoms with Gasteiger partial charge in [-0.25, -0.2) is 0 Å². The van der Waals surface area contributed by atoms with Crippen LogP contribution in [-0.4, -0.2) is 38.0 Å². The molecule has 0 unspecified atom stereocenters. The summed E-state index contributed by atoms with van der Waals surface area (Å²) in [5.41, 5.74) is 2.33. The quantitative estimate of drug-likeness (QED) is 0.247. The first kappa shape index (κ1) is 28.2. The van der Waals surface area contributed by atoms with Crippen molar-refractivity contribution in [3.05, 3.63) is 101 Å². The van der Waals surface area contributed by atoms with Gasteiger partial charge in [0.15, 0.2) is 6.61 Å². The van der Waals surface area contributed by atoms with Gasteiger partial charge < -0.3 is 19.6 Å². The Kier molecular flexibility index (Phi) is 9.97. The fraction of sp³-hybridized carbons (Fsp3) is 0.333. The van der Waals surface area contributed by atoms with Crippen molar-refractivity contribution < 1.29 is 32.3 Å². The average molecular weight is 541 g/mol. The van der Waals surface area contributed by atoms with E-state index in [1.165, 1.54) is 12.1 Å². The SMILES string of the molecule is O=C(COc1ccc(C(Cc2ccccc2)=NOCc2ccc(C(F)(F)F)cc2)cc1)NCC1CCOCC1. The van der Waals surface area contributed by atoms with E-state index in [-0.39, 0.29) is 19.1 Å². The van der Waals surface area contributed by atoms with Gasteiger partial charge in [-0.05, 0) is 71.8 Å². The molecule has 0 aliphatic carbocycles. The van der Waals surface area contributed by atoms with Crippen LogP contribution >= 0.6 is 0 Å². The highest BCUT2D eigenvalue weighted by Gasteiger charge is 2.29. The van der Waals surface area contributed by atoms with Gasteiger partial charge in [-0.1, -0.05) is 47.6 Å². The van der Waals surface area contributed by atoms with Crippen LogP contribution in [0.1, 0.15) is 35.1 Å². The van der Waals surface area contributed by atoms with Gasteiger partial charge in [0.2, 0.25) is 0 Å². The molecule has 0 saturated carbocycles. The third-order valence-electron chi connectivity index (χ3n) is 6.39. The summed E-state index contributed by atoms with van der Waals surface area (Å²) in [6.45, 7) is 2.04. The number of halogens is 3. The molecule has 6 nitrogen and oxygen atoms in total. The molecular weight excluding hydrogens is 509 g/mol. The van der Waals surface area contributed by atoms with Crippen LogP contribution in [0.3, 0.4) is 0 Å². The third kappa shape index (κ3) is 9.14. The van der Waals surface area contributed by atoms with Gasteiger partial charge in [-0.2, -0.15) is 13.2 Å². The van der Waals surface area contributed by atoms with Crippen LogP contribution in [0.5, 0.6) is 5.75 Å².